The molecule has 3 heteroatoms. The predicted molar refractivity (Wildman–Crippen MR) is 90.7 cm³/mol. The SMILES string of the molecule is CCCNC(Cn1cnc2cc(C)c(C)cc21)C(C)CC. The summed E-state index contributed by atoms with van der Waals surface area (Å²) in [5.41, 5.74) is 5.02. The average Bonchev–Trinajstić information content (AvgIpc) is 2.85. The molecule has 116 valence electrons. The predicted octanol–water partition coefficient (Wildman–Crippen LogP) is 4.07. The highest BCUT2D eigenvalue weighted by Gasteiger charge is 2.17. The molecule has 2 unspecified atom stereocenters. The monoisotopic (exact) mass is 287 g/mol. The van der Waals surface area contributed by atoms with E-state index in [1.165, 1.54) is 29.5 Å². The zero-order valence-electron chi connectivity index (χ0n) is 14.1. The number of benzene rings is 1. The molecular formula is C18H29N3. The Labute approximate surface area is 128 Å². The highest BCUT2D eigenvalue weighted by atomic mass is 15.1. The topological polar surface area (TPSA) is 29.9 Å². The smallest absolute Gasteiger partial charge is 0.0958 e. The molecule has 2 aromatic rings. The summed E-state index contributed by atoms with van der Waals surface area (Å²) in [4.78, 5) is 4.57. The van der Waals surface area contributed by atoms with Gasteiger partial charge in [-0.3, -0.25) is 0 Å². The fraction of sp³-hybridized carbons (Fsp3) is 0.611. The Bertz CT molecular complexity index is 585. The molecule has 0 aliphatic carbocycles. The Hall–Kier alpha value is -1.35. The van der Waals surface area contributed by atoms with Crippen molar-refractivity contribution in [1.82, 2.24) is 14.9 Å². The molecule has 2 rings (SSSR count). The molecule has 21 heavy (non-hydrogen) atoms. The number of aryl methyl sites for hydroxylation is 2. The molecule has 0 aliphatic heterocycles. The third-order valence-electron chi connectivity index (χ3n) is 4.62. The van der Waals surface area contributed by atoms with Gasteiger partial charge in [0.25, 0.3) is 0 Å². The van der Waals surface area contributed by atoms with E-state index >= 15 is 0 Å². The van der Waals surface area contributed by atoms with Gasteiger partial charge in [0.05, 0.1) is 17.4 Å². The van der Waals surface area contributed by atoms with Crippen LogP contribution in [0.2, 0.25) is 0 Å². The van der Waals surface area contributed by atoms with E-state index in [0.717, 1.165) is 18.6 Å². The van der Waals surface area contributed by atoms with E-state index in [-0.39, 0.29) is 0 Å². The lowest BCUT2D eigenvalue weighted by atomic mass is 9.98. The number of hydrogen-bond acceptors (Lipinski definition) is 2. The minimum absolute atomic E-state index is 0.508. The van der Waals surface area contributed by atoms with Crippen LogP contribution in [-0.4, -0.2) is 22.1 Å². The fourth-order valence-electron chi connectivity index (χ4n) is 2.73. The summed E-state index contributed by atoms with van der Waals surface area (Å²) in [5, 5.41) is 3.70. The highest BCUT2D eigenvalue weighted by Crippen LogP contribution is 2.20. The van der Waals surface area contributed by atoms with Gasteiger partial charge >= 0.3 is 0 Å². The van der Waals surface area contributed by atoms with Crippen molar-refractivity contribution in [2.75, 3.05) is 6.54 Å². The first-order valence-electron chi connectivity index (χ1n) is 8.22. The van der Waals surface area contributed by atoms with Crippen LogP contribution in [0, 0.1) is 19.8 Å². The van der Waals surface area contributed by atoms with E-state index in [4.69, 9.17) is 0 Å². The quantitative estimate of drug-likeness (QED) is 0.832. The van der Waals surface area contributed by atoms with E-state index in [9.17, 15) is 0 Å². The minimum atomic E-state index is 0.508. The molecule has 0 fully saturated rings. The maximum atomic E-state index is 4.57. The van der Waals surface area contributed by atoms with Gasteiger partial charge < -0.3 is 9.88 Å². The van der Waals surface area contributed by atoms with E-state index in [0.29, 0.717) is 12.0 Å². The molecule has 1 aromatic carbocycles. The standard InChI is InChI=1S/C18H29N3/c1-6-8-19-17(13(3)7-2)11-21-12-20-16-9-14(4)15(5)10-18(16)21/h9-10,12-13,17,19H,6-8,11H2,1-5H3. The maximum Gasteiger partial charge on any atom is 0.0958 e. The molecule has 0 aliphatic rings. The Morgan fingerprint density at radius 2 is 1.90 bits per heavy atom. The summed E-state index contributed by atoms with van der Waals surface area (Å²) < 4.78 is 2.31. The minimum Gasteiger partial charge on any atom is -0.329 e. The molecule has 0 spiro atoms. The van der Waals surface area contributed by atoms with Crippen molar-refractivity contribution in [3.63, 3.8) is 0 Å². The van der Waals surface area contributed by atoms with Crippen LogP contribution in [0.5, 0.6) is 0 Å². The first-order valence-corrected chi connectivity index (χ1v) is 8.22. The molecule has 0 amide bonds. The van der Waals surface area contributed by atoms with Crippen LogP contribution in [-0.2, 0) is 6.54 Å². The molecule has 0 radical (unpaired) electrons. The van der Waals surface area contributed by atoms with Crippen molar-refractivity contribution in [3.05, 3.63) is 29.6 Å². The van der Waals surface area contributed by atoms with Gasteiger partial charge in [-0.05, 0) is 56.0 Å². The van der Waals surface area contributed by atoms with Gasteiger partial charge in [-0.1, -0.05) is 27.2 Å². The third-order valence-corrected chi connectivity index (χ3v) is 4.62. The average molecular weight is 287 g/mol. The van der Waals surface area contributed by atoms with Gasteiger partial charge in [-0.15, -0.1) is 0 Å². The largest absolute Gasteiger partial charge is 0.329 e. The first kappa shape index (κ1) is 16.0. The van der Waals surface area contributed by atoms with Crippen LogP contribution < -0.4 is 5.32 Å². The second-order valence-corrected chi connectivity index (χ2v) is 6.27. The number of hydrogen-bond donors (Lipinski definition) is 1. The number of fused-ring (bicyclic) bond motifs is 1. The molecule has 0 saturated heterocycles. The van der Waals surface area contributed by atoms with Crippen LogP contribution in [0.15, 0.2) is 18.5 Å². The van der Waals surface area contributed by atoms with Crippen molar-refractivity contribution < 1.29 is 0 Å². The molecule has 1 aromatic heterocycles. The van der Waals surface area contributed by atoms with Gasteiger partial charge in [0.1, 0.15) is 0 Å². The second kappa shape index (κ2) is 7.08. The van der Waals surface area contributed by atoms with E-state index < -0.39 is 0 Å². The summed E-state index contributed by atoms with van der Waals surface area (Å²) in [6, 6.07) is 4.97. The summed E-state index contributed by atoms with van der Waals surface area (Å²) in [5.74, 6) is 0.667. The van der Waals surface area contributed by atoms with Crippen molar-refractivity contribution >= 4 is 11.0 Å². The Kier molecular flexibility index (Phi) is 5.40. The van der Waals surface area contributed by atoms with Gasteiger partial charge in [0, 0.05) is 12.6 Å². The van der Waals surface area contributed by atoms with E-state index in [2.05, 4.69) is 61.6 Å². The van der Waals surface area contributed by atoms with Crippen molar-refractivity contribution in [2.45, 2.75) is 60.0 Å². The zero-order chi connectivity index (χ0) is 15.4. The van der Waals surface area contributed by atoms with Gasteiger partial charge in [-0.25, -0.2) is 4.98 Å². The number of nitrogens with zero attached hydrogens (tertiary/aromatic N) is 2. The van der Waals surface area contributed by atoms with Crippen LogP contribution in [0.3, 0.4) is 0 Å². The van der Waals surface area contributed by atoms with Gasteiger partial charge in [-0.2, -0.15) is 0 Å². The molecule has 0 bridgehead atoms. The van der Waals surface area contributed by atoms with Crippen LogP contribution >= 0.6 is 0 Å². The first-order chi connectivity index (χ1) is 10.1. The normalized spacial score (nSPS) is 14.5. The molecule has 0 saturated carbocycles. The van der Waals surface area contributed by atoms with Crippen LogP contribution in [0.25, 0.3) is 11.0 Å². The molecule has 3 nitrogen and oxygen atoms in total. The lowest BCUT2D eigenvalue weighted by Gasteiger charge is -2.25. The van der Waals surface area contributed by atoms with Gasteiger partial charge in [0.15, 0.2) is 0 Å². The van der Waals surface area contributed by atoms with Crippen molar-refractivity contribution in [3.8, 4) is 0 Å². The summed E-state index contributed by atoms with van der Waals surface area (Å²) in [6.07, 6.45) is 4.37. The van der Waals surface area contributed by atoms with Crippen molar-refractivity contribution in [1.29, 1.82) is 0 Å². The van der Waals surface area contributed by atoms with Crippen LogP contribution in [0.1, 0.15) is 44.7 Å². The number of rotatable bonds is 7. The Morgan fingerprint density at radius 1 is 1.19 bits per heavy atom. The highest BCUT2D eigenvalue weighted by molar-refractivity contribution is 5.77. The Balaban J connectivity index is 2.25. The summed E-state index contributed by atoms with van der Waals surface area (Å²) in [7, 11) is 0. The molecule has 1 heterocycles. The maximum absolute atomic E-state index is 4.57. The summed E-state index contributed by atoms with van der Waals surface area (Å²) >= 11 is 0. The zero-order valence-corrected chi connectivity index (χ0v) is 14.1. The third kappa shape index (κ3) is 3.65. The Morgan fingerprint density at radius 3 is 2.57 bits per heavy atom. The van der Waals surface area contributed by atoms with Crippen LogP contribution in [0.4, 0.5) is 0 Å². The number of imidazole rings is 1. The van der Waals surface area contributed by atoms with E-state index in [1.54, 1.807) is 0 Å². The molecule has 1 N–H and O–H groups in total. The second-order valence-electron chi connectivity index (χ2n) is 6.27. The van der Waals surface area contributed by atoms with Crippen molar-refractivity contribution in [2.24, 2.45) is 5.92 Å². The lowest BCUT2D eigenvalue weighted by Crippen LogP contribution is -2.38. The van der Waals surface area contributed by atoms with E-state index in [1.807, 2.05) is 6.33 Å². The molecular weight excluding hydrogens is 258 g/mol. The lowest BCUT2D eigenvalue weighted by molar-refractivity contribution is 0.332. The number of nitrogens with one attached hydrogen (secondary N) is 1. The van der Waals surface area contributed by atoms with Gasteiger partial charge in [0.2, 0.25) is 0 Å². The molecule has 2 atom stereocenters. The fourth-order valence-corrected chi connectivity index (χ4v) is 2.73. The summed E-state index contributed by atoms with van der Waals surface area (Å²) in [6.45, 7) is 13.2. The number of aromatic nitrogens is 2.